The number of piperazine rings is 1. The second kappa shape index (κ2) is 7.60. The van der Waals surface area contributed by atoms with Crippen molar-refractivity contribution >= 4 is 5.78 Å². The summed E-state index contributed by atoms with van der Waals surface area (Å²) in [6.07, 6.45) is 0. The Hall–Kier alpha value is -2.17. The van der Waals surface area contributed by atoms with Crippen molar-refractivity contribution in [3.8, 4) is 5.75 Å². The number of likely N-dealkylation sites (N-methyl/N-ethyl adjacent to an activating group) is 1. The van der Waals surface area contributed by atoms with Crippen molar-refractivity contribution < 1.29 is 9.53 Å². The maximum absolute atomic E-state index is 12.7. The van der Waals surface area contributed by atoms with E-state index in [1.807, 2.05) is 36.4 Å². The number of ether oxygens (including phenoxy) is 1. The van der Waals surface area contributed by atoms with Crippen LogP contribution in [-0.4, -0.2) is 55.9 Å². The molecule has 4 heteroatoms. The van der Waals surface area contributed by atoms with Crippen LogP contribution in [0.15, 0.2) is 48.5 Å². The van der Waals surface area contributed by atoms with Gasteiger partial charge in [-0.25, -0.2) is 0 Å². The lowest BCUT2D eigenvalue weighted by atomic mass is 10.0. The van der Waals surface area contributed by atoms with E-state index in [9.17, 15) is 4.79 Å². The number of hydrogen-bond acceptors (Lipinski definition) is 4. The van der Waals surface area contributed by atoms with Crippen LogP contribution in [0.3, 0.4) is 0 Å². The minimum absolute atomic E-state index is 0.0362. The van der Waals surface area contributed by atoms with Gasteiger partial charge in [0.1, 0.15) is 5.75 Å². The molecular formula is C20H24N2O2. The number of methoxy groups -OCH3 is 1. The number of carbonyl (C=O) groups excluding carboxylic acids is 1. The van der Waals surface area contributed by atoms with E-state index in [0.29, 0.717) is 11.3 Å². The second-order valence-corrected chi connectivity index (χ2v) is 6.34. The van der Waals surface area contributed by atoms with E-state index in [4.69, 9.17) is 4.74 Å². The van der Waals surface area contributed by atoms with Crippen molar-refractivity contribution in [2.45, 2.75) is 6.54 Å². The maximum atomic E-state index is 12.7. The lowest BCUT2D eigenvalue weighted by Crippen LogP contribution is -2.43. The molecule has 1 aliphatic rings. The van der Waals surface area contributed by atoms with Crippen molar-refractivity contribution in [3.05, 3.63) is 65.2 Å². The van der Waals surface area contributed by atoms with Gasteiger partial charge in [0, 0.05) is 43.9 Å². The first-order chi connectivity index (χ1) is 11.7. The van der Waals surface area contributed by atoms with Crippen LogP contribution in [0, 0.1) is 0 Å². The summed E-state index contributed by atoms with van der Waals surface area (Å²) in [5.74, 6) is 0.739. The van der Waals surface area contributed by atoms with Crippen LogP contribution in [0.4, 0.5) is 0 Å². The van der Waals surface area contributed by atoms with Gasteiger partial charge >= 0.3 is 0 Å². The Bertz CT molecular complexity index is 706. The van der Waals surface area contributed by atoms with E-state index in [1.165, 1.54) is 5.56 Å². The highest BCUT2D eigenvalue weighted by Crippen LogP contribution is 2.18. The highest BCUT2D eigenvalue weighted by atomic mass is 16.5. The SMILES string of the molecule is COc1cccc(C(=O)c2cccc(CN3CCN(C)CC3)c2)c1. The molecule has 2 aromatic rings. The van der Waals surface area contributed by atoms with Gasteiger partial charge in [-0.1, -0.05) is 30.3 Å². The fourth-order valence-electron chi connectivity index (χ4n) is 3.01. The molecule has 0 atom stereocenters. The van der Waals surface area contributed by atoms with Crippen molar-refractivity contribution in [1.82, 2.24) is 9.80 Å². The lowest BCUT2D eigenvalue weighted by Gasteiger charge is -2.32. The monoisotopic (exact) mass is 324 g/mol. The molecule has 0 saturated carbocycles. The molecule has 1 heterocycles. The van der Waals surface area contributed by atoms with Crippen LogP contribution >= 0.6 is 0 Å². The molecule has 0 unspecified atom stereocenters. The summed E-state index contributed by atoms with van der Waals surface area (Å²) in [7, 11) is 3.77. The first kappa shape index (κ1) is 16.7. The molecular weight excluding hydrogens is 300 g/mol. The Morgan fingerprint density at radius 2 is 1.67 bits per heavy atom. The van der Waals surface area contributed by atoms with Crippen LogP contribution in [0.1, 0.15) is 21.5 Å². The number of ketones is 1. The summed E-state index contributed by atoms with van der Waals surface area (Å²) in [6, 6.07) is 15.3. The quantitative estimate of drug-likeness (QED) is 0.792. The van der Waals surface area contributed by atoms with Gasteiger partial charge in [0.25, 0.3) is 0 Å². The van der Waals surface area contributed by atoms with Gasteiger partial charge in [-0.15, -0.1) is 0 Å². The number of nitrogens with zero attached hydrogens (tertiary/aromatic N) is 2. The fraction of sp³-hybridized carbons (Fsp3) is 0.350. The zero-order chi connectivity index (χ0) is 16.9. The number of benzene rings is 2. The summed E-state index contributed by atoms with van der Waals surface area (Å²) in [6.45, 7) is 5.24. The summed E-state index contributed by atoms with van der Waals surface area (Å²) in [4.78, 5) is 17.5. The van der Waals surface area contributed by atoms with Crippen LogP contribution in [0.25, 0.3) is 0 Å². The molecule has 1 fully saturated rings. The Balaban J connectivity index is 1.73. The van der Waals surface area contributed by atoms with Gasteiger partial charge in [0.05, 0.1) is 7.11 Å². The van der Waals surface area contributed by atoms with Crippen molar-refractivity contribution in [3.63, 3.8) is 0 Å². The third-order valence-corrected chi connectivity index (χ3v) is 4.52. The fourth-order valence-corrected chi connectivity index (χ4v) is 3.01. The van der Waals surface area contributed by atoms with Gasteiger partial charge in [-0.3, -0.25) is 9.69 Å². The van der Waals surface area contributed by atoms with E-state index in [1.54, 1.807) is 13.2 Å². The summed E-state index contributed by atoms with van der Waals surface area (Å²) < 4.78 is 5.21. The van der Waals surface area contributed by atoms with Gasteiger partial charge in [0.2, 0.25) is 0 Å². The van der Waals surface area contributed by atoms with E-state index in [-0.39, 0.29) is 5.78 Å². The van der Waals surface area contributed by atoms with Gasteiger partial charge < -0.3 is 9.64 Å². The smallest absolute Gasteiger partial charge is 0.193 e. The average molecular weight is 324 g/mol. The van der Waals surface area contributed by atoms with E-state index in [2.05, 4.69) is 22.9 Å². The van der Waals surface area contributed by atoms with E-state index < -0.39 is 0 Å². The lowest BCUT2D eigenvalue weighted by molar-refractivity contribution is 0.103. The average Bonchev–Trinajstić information content (AvgIpc) is 2.63. The highest BCUT2D eigenvalue weighted by Gasteiger charge is 2.15. The van der Waals surface area contributed by atoms with E-state index in [0.717, 1.165) is 38.3 Å². The molecule has 0 N–H and O–H groups in total. The minimum atomic E-state index is 0.0362. The molecule has 3 rings (SSSR count). The Morgan fingerprint density at radius 3 is 2.38 bits per heavy atom. The molecule has 0 spiro atoms. The molecule has 24 heavy (non-hydrogen) atoms. The predicted molar refractivity (Wildman–Crippen MR) is 95.6 cm³/mol. The molecule has 0 amide bonds. The summed E-state index contributed by atoms with van der Waals surface area (Å²) in [5.41, 5.74) is 2.58. The number of hydrogen-bond donors (Lipinski definition) is 0. The van der Waals surface area contributed by atoms with Crippen molar-refractivity contribution in [2.75, 3.05) is 40.3 Å². The topological polar surface area (TPSA) is 32.8 Å². The Labute approximate surface area is 143 Å². The van der Waals surface area contributed by atoms with Crippen LogP contribution in [0.5, 0.6) is 5.75 Å². The van der Waals surface area contributed by atoms with E-state index >= 15 is 0 Å². The molecule has 0 radical (unpaired) electrons. The molecule has 126 valence electrons. The van der Waals surface area contributed by atoms with Crippen LogP contribution in [-0.2, 0) is 6.54 Å². The van der Waals surface area contributed by atoms with Gasteiger partial charge in [0.15, 0.2) is 5.78 Å². The first-order valence-corrected chi connectivity index (χ1v) is 8.34. The molecule has 2 aromatic carbocycles. The summed E-state index contributed by atoms with van der Waals surface area (Å²) >= 11 is 0. The zero-order valence-electron chi connectivity index (χ0n) is 14.4. The third-order valence-electron chi connectivity index (χ3n) is 4.52. The molecule has 0 aromatic heterocycles. The number of carbonyl (C=O) groups is 1. The van der Waals surface area contributed by atoms with Gasteiger partial charge in [-0.2, -0.15) is 0 Å². The predicted octanol–water partition coefficient (Wildman–Crippen LogP) is 2.67. The van der Waals surface area contributed by atoms with Crippen LogP contribution in [0.2, 0.25) is 0 Å². The molecule has 1 aliphatic heterocycles. The second-order valence-electron chi connectivity index (χ2n) is 6.34. The standard InChI is InChI=1S/C20H24N2O2/c1-21-9-11-22(12-10-21)15-16-5-3-6-17(13-16)20(23)18-7-4-8-19(14-18)24-2/h3-8,13-14H,9-12,15H2,1-2H3. The van der Waals surface area contributed by atoms with Gasteiger partial charge in [-0.05, 0) is 30.8 Å². The third kappa shape index (κ3) is 4.02. The highest BCUT2D eigenvalue weighted by molar-refractivity contribution is 6.09. The molecule has 0 bridgehead atoms. The maximum Gasteiger partial charge on any atom is 0.193 e. The number of rotatable bonds is 5. The van der Waals surface area contributed by atoms with Crippen molar-refractivity contribution in [1.29, 1.82) is 0 Å². The molecule has 1 saturated heterocycles. The minimum Gasteiger partial charge on any atom is -0.497 e. The first-order valence-electron chi connectivity index (χ1n) is 8.34. The Morgan fingerprint density at radius 1 is 1.00 bits per heavy atom. The normalized spacial score (nSPS) is 16.1. The molecule has 4 nitrogen and oxygen atoms in total. The largest absolute Gasteiger partial charge is 0.497 e. The molecule has 0 aliphatic carbocycles. The summed E-state index contributed by atoms with van der Waals surface area (Å²) in [5, 5.41) is 0. The van der Waals surface area contributed by atoms with Crippen molar-refractivity contribution in [2.24, 2.45) is 0 Å². The zero-order valence-corrected chi connectivity index (χ0v) is 14.4. The van der Waals surface area contributed by atoms with Crippen LogP contribution < -0.4 is 4.74 Å². The Kier molecular flexibility index (Phi) is 5.28.